The second kappa shape index (κ2) is 5.09. The Balaban J connectivity index is 1.65. The minimum absolute atomic E-state index is 0.249. The number of hydrogen-bond donors (Lipinski definition) is 0. The number of aromatic nitrogens is 2. The molecule has 1 aromatic heterocycles. The molecule has 1 fully saturated rings. The van der Waals surface area contributed by atoms with E-state index < -0.39 is 11.6 Å². The second-order valence-electron chi connectivity index (χ2n) is 6.18. The van der Waals surface area contributed by atoms with Crippen molar-refractivity contribution in [2.45, 2.75) is 44.8 Å². The Morgan fingerprint density at radius 2 is 2.14 bits per heavy atom. The molecule has 1 aromatic carbocycles. The lowest BCUT2D eigenvalue weighted by atomic mass is 9.98. The standard InChI is InChI=1S/C17H17F2N3/c1-10-20-8-14-16(21-10)7-13-4-5-17(14)22(13)9-11-2-3-12(18)6-15(11)19/h2-3,6,8,13,17H,4-5,7,9H2,1H3/t13-,17-/m0/s1. The molecule has 4 rings (SSSR count). The smallest absolute Gasteiger partial charge is 0.130 e. The highest BCUT2D eigenvalue weighted by Gasteiger charge is 2.40. The highest BCUT2D eigenvalue weighted by atomic mass is 19.1. The summed E-state index contributed by atoms with van der Waals surface area (Å²) in [5.41, 5.74) is 2.85. The first-order valence-corrected chi connectivity index (χ1v) is 7.64. The molecule has 0 amide bonds. The van der Waals surface area contributed by atoms with Crippen molar-refractivity contribution in [1.82, 2.24) is 14.9 Å². The number of fused-ring (bicyclic) bond motifs is 4. The van der Waals surface area contributed by atoms with E-state index in [-0.39, 0.29) is 6.04 Å². The number of hydrogen-bond acceptors (Lipinski definition) is 3. The fourth-order valence-electron chi connectivity index (χ4n) is 3.77. The molecule has 2 aliphatic heterocycles. The van der Waals surface area contributed by atoms with Crippen LogP contribution in [0.5, 0.6) is 0 Å². The zero-order chi connectivity index (χ0) is 15.3. The third-order valence-corrected chi connectivity index (χ3v) is 4.82. The predicted molar refractivity (Wildman–Crippen MR) is 78.1 cm³/mol. The molecule has 0 radical (unpaired) electrons. The molecule has 0 saturated carbocycles. The predicted octanol–water partition coefficient (Wildman–Crippen LogP) is 3.33. The molecule has 114 valence electrons. The summed E-state index contributed by atoms with van der Waals surface area (Å²) in [4.78, 5) is 11.2. The monoisotopic (exact) mass is 301 g/mol. The Morgan fingerprint density at radius 3 is 2.95 bits per heavy atom. The van der Waals surface area contributed by atoms with Crippen LogP contribution < -0.4 is 0 Å². The molecule has 0 N–H and O–H groups in total. The van der Waals surface area contributed by atoms with Crippen LogP contribution in [0.15, 0.2) is 24.4 Å². The summed E-state index contributed by atoms with van der Waals surface area (Å²) >= 11 is 0. The van der Waals surface area contributed by atoms with Crippen LogP contribution >= 0.6 is 0 Å². The molecule has 0 aliphatic carbocycles. The lowest BCUT2D eigenvalue weighted by Crippen LogP contribution is -2.37. The van der Waals surface area contributed by atoms with E-state index in [0.29, 0.717) is 18.2 Å². The first kappa shape index (κ1) is 13.8. The number of halogens is 2. The van der Waals surface area contributed by atoms with Crippen LogP contribution in [0.3, 0.4) is 0 Å². The number of rotatable bonds is 2. The molecular formula is C17H17F2N3. The normalized spacial score (nSPS) is 23.6. The molecule has 0 unspecified atom stereocenters. The fourth-order valence-corrected chi connectivity index (χ4v) is 3.77. The molecular weight excluding hydrogens is 284 g/mol. The van der Waals surface area contributed by atoms with Crippen LogP contribution in [0.1, 0.15) is 41.5 Å². The van der Waals surface area contributed by atoms with Crippen molar-refractivity contribution in [3.8, 4) is 0 Å². The van der Waals surface area contributed by atoms with Gasteiger partial charge in [0.25, 0.3) is 0 Å². The van der Waals surface area contributed by atoms with Gasteiger partial charge >= 0.3 is 0 Å². The quantitative estimate of drug-likeness (QED) is 0.852. The lowest BCUT2D eigenvalue weighted by molar-refractivity contribution is 0.164. The van der Waals surface area contributed by atoms with Crippen molar-refractivity contribution in [3.05, 3.63) is 58.7 Å². The van der Waals surface area contributed by atoms with Crippen LogP contribution in [0.4, 0.5) is 8.78 Å². The van der Waals surface area contributed by atoms with Crippen molar-refractivity contribution in [1.29, 1.82) is 0 Å². The molecule has 3 nitrogen and oxygen atoms in total. The maximum atomic E-state index is 13.9. The van der Waals surface area contributed by atoms with E-state index in [4.69, 9.17) is 0 Å². The van der Waals surface area contributed by atoms with E-state index in [0.717, 1.165) is 36.8 Å². The molecule has 5 heteroatoms. The maximum absolute atomic E-state index is 13.9. The van der Waals surface area contributed by atoms with Crippen molar-refractivity contribution >= 4 is 0 Å². The van der Waals surface area contributed by atoms with Gasteiger partial charge in [0.05, 0.1) is 5.69 Å². The largest absolute Gasteiger partial charge is 0.289 e. The van der Waals surface area contributed by atoms with E-state index in [1.807, 2.05) is 13.1 Å². The summed E-state index contributed by atoms with van der Waals surface area (Å²) in [5, 5.41) is 0. The van der Waals surface area contributed by atoms with Gasteiger partial charge in [-0.25, -0.2) is 18.7 Å². The Hall–Kier alpha value is -1.88. The average molecular weight is 301 g/mol. The molecule has 1 saturated heterocycles. The molecule has 2 bridgehead atoms. The van der Waals surface area contributed by atoms with Crippen molar-refractivity contribution in [2.75, 3.05) is 0 Å². The maximum Gasteiger partial charge on any atom is 0.130 e. The zero-order valence-electron chi connectivity index (χ0n) is 12.4. The SMILES string of the molecule is Cc1ncc2c(n1)C[C@@H]1CC[C@@H]2N1Cc1ccc(F)cc1F. The van der Waals surface area contributed by atoms with Gasteiger partial charge in [-0.3, -0.25) is 4.90 Å². The summed E-state index contributed by atoms with van der Waals surface area (Å²) in [6, 6.07) is 4.47. The van der Waals surface area contributed by atoms with Crippen molar-refractivity contribution in [2.24, 2.45) is 0 Å². The van der Waals surface area contributed by atoms with Gasteiger partial charge in [-0.05, 0) is 25.8 Å². The topological polar surface area (TPSA) is 29.0 Å². The average Bonchev–Trinajstić information content (AvgIpc) is 2.75. The van der Waals surface area contributed by atoms with Gasteiger partial charge in [0.2, 0.25) is 0 Å². The zero-order valence-corrected chi connectivity index (χ0v) is 12.4. The summed E-state index contributed by atoms with van der Waals surface area (Å²) in [7, 11) is 0. The highest BCUT2D eigenvalue weighted by molar-refractivity contribution is 5.29. The van der Waals surface area contributed by atoms with E-state index in [1.165, 1.54) is 11.6 Å². The molecule has 3 heterocycles. The van der Waals surface area contributed by atoms with Crippen molar-refractivity contribution in [3.63, 3.8) is 0 Å². The van der Waals surface area contributed by atoms with E-state index in [2.05, 4.69) is 14.9 Å². The van der Waals surface area contributed by atoms with Crippen LogP contribution in [0, 0.1) is 18.6 Å². The summed E-state index contributed by atoms with van der Waals surface area (Å²) in [6.45, 7) is 2.41. The van der Waals surface area contributed by atoms with Gasteiger partial charge in [-0.1, -0.05) is 6.07 Å². The molecule has 22 heavy (non-hydrogen) atoms. The Bertz CT molecular complexity index is 732. The molecule has 2 atom stereocenters. The Morgan fingerprint density at radius 1 is 1.27 bits per heavy atom. The number of aryl methyl sites for hydroxylation is 1. The highest BCUT2D eigenvalue weighted by Crippen LogP contribution is 2.43. The number of benzene rings is 1. The Labute approximate surface area is 128 Å². The van der Waals surface area contributed by atoms with Gasteiger partial charge in [-0.2, -0.15) is 0 Å². The molecule has 2 aliphatic rings. The minimum Gasteiger partial charge on any atom is -0.289 e. The van der Waals surface area contributed by atoms with Gasteiger partial charge < -0.3 is 0 Å². The third-order valence-electron chi connectivity index (χ3n) is 4.82. The second-order valence-corrected chi connectivity index (χ2v) is 6.18. The fraction of sp³-hybridized carbons (Fsp3) is 0.412. The van der Waals surface area contributed by atoms with Gasteiger partial charge in [0, 0.05) is 48.4 Å². The van der Waals surface area contributed by atoms with Crippen molar-refractivity contribution < 1.29 is 8.78 Å². The van der Waals surface area contributed by atoms with Gasteiger partial charge in [0.15, 0.2) is 0 Å². The van der Waals surface area contributed by atoms with Gasteiger partial charge in [-0.15, -0.1) is 0 Å². The first-order valence-electron chi connectivity index (χ1n) is 7.64. The van der Waals surface area contributed by atoms with Crippen LogP contribution in [0.25, 0.3) is 0 Å². The summed E-state index contributed by atoms with van der Waals surface area (Å²) in [5.74, 6) is -0.196. The number of nitrogens with zero attached hydrogens (tertiary/aromatic N) is 3. The van der Waals surface area contributed by atoms with Gasteiger partial charge in [0.1, 0.15) is 17.5 Å². The third kappa shape index (κ3) is 2.20. The minimum atomic E-state index is -0.530. The van der Waals surface area contributed by atoms with Crippen LogP contribution in [-0.2, 0) is 13.0 Å². The first-order chi connectivity index (χ1) is 10.6. The summed E-state index contributed by atoms with van der Waals surface area (Å²) < 4.78 is 27.0. The van der Waals surface area contributed by atoms with E-state index in [1.54, 1.807) is 6.07 Å². The molecule has 2 aromatic rings. The lowest BCUT2D eigenvalue weighted by Gasteiger charge is -2.35. The van der Waals surface area contributed by atoms with E-state index in [9.17, 15) is 8.78 Å². The van der Waals surface area contributed by atoms with Crippen LogP contribution in [0.2, 0.25) is 0 Å². The molecule has 0 spiro atoms. The van der Waals surface area contributed by atoms with Crippen LogP contribution in [-0.4, -0.2) is 20.9 Å². The van der Waals surface area contributed by atoms with E-state index >= 15 is 0 Å². The summed E-state index contributed by atoms with van der Waals surface area (Å²) in [6.07, 6.45) is 4.94. The Kier molecular flexibility index (Phi) is 3.18.